The Labute approximate surface area is 338 Å². The fraction of sp³-hybridized carbons (Fsp3) is 0.955. The van der Waals surface area contributed by atoms with Crippen LogP contribution in [-0.2, 0) is 35.8 Å². The molecule has 0 atom stereocenters. The molecule has 7 heteroatoms. The zero-order chi connectivity index (χ0) is 38.0. The summed E-state index contributed by atoms with van der Waals surface area (Å²) in [6, 6.07) is 0. The molecule has 0 aliphatic rings. The number of carboxylic acids is 2. The Morgan fingerprint density at radius 3 is 0.569 bits per heavy atom. The molecule has 0 aromatic carbocycles. The molecule has 0 saturated carbocycles. The minimum atomic E-state index is -0.903. The minimum absolute atomic E-state index is 0. The van der Waals surface area contributed by atoms with Gasteiger partial charge in [0.05, 0.1) is 0 Å². The summed E-state index contributed by atoms with van der Waals surface area (Å²) in [6.07, 6.45) is 43.4. The van der Waals surface area contributed by atoms with E-state index in [9.17, 15) is 30.0 Å². The number of aliphatic carboxylic acids is 2. The third-order valence-electron chi connectivity index (χ3n) is 8.96. The Hall–Kier alpha value is -0.257. The van der Waals surface area contributed by atoms with Crippen LogP contribution >= 0.6 is 0 Å². The van der Waals surface area contributed by atoms with E-state index in [2.05, 4.69) is 13.8 Å². The maximum absolute atomic E-state index is 10.2. The van der Waals surface area contributed by atoms with Crippen LogP contribution in [0.5, 0.6) is 0 Å². The first-order valence-corrected chi connectivity index (χ1v) is 21.9. The van der Waals surface area contributed by atoms with Crippen LogP contribution in [0.2, 0.25) is 0 Å². The molecule has 0 unspecified atom stereocenters. The predicted octanol–water partition coefficient (Wildman–Crippen LogP) is 10.3. The summed E-state index contributed by atoms with van der Waals surface area (Å²) in [5.41, 5.74) is 0. The van der Waals surface area contributed by atoms with Crippen LogP contribution in [0, 0.1) is 0 Å². The van der Waals surface area contributed by atoms with Crippen LogP contribution in [0.3, 0.4) is 0 Å². The Morgan fingerprint density at radius 1 is 0.294 bits per heavy atom. The average molecular weight is 804 g/mol. The second-order valence-electron chi connectivity index (χ2n) is 14.3. The quantitative estimate of drug-likeness (QED) is 0.0581. The summed E-state index contributed by atoms with van der Waals surface area (Å²) < 4.78 is 0. The third kappa shape index (κ3) is 79.6. The van der Waals surface area contributed by atoms with E-state index in [1.807, 2.05) is 13.8 Å². The first-order valence-electron chi connectivity index (χ1n) is 21.9. The van der Waals surface area contributed by atoms with Gasteiger partial charge < -0.3 is 30.0 Å². The summed E-state index contributed by atoms with van der Waals surface area (Å²) in [5.74, 6) is -1.81. The van der Waals surface area contributed by atoms with E-state index in [1.165, 1.54) is 167 Å². The van der Waals surface area contributed by atoms with E-state index in [-0.39, 0.29) is 52.3 Å². The Kier molecular flexibility index (Phi) is 72.7. The number of carbonyl (C=O) groups is 2. The zero-order valence-electron chi connectivity index (χ0n) is 34.8. The molecule has 0 saturated heterocycles. The molecular weight excluding hydrogens is 716 g/mol. The summed E-state index contributed by atoms with van der Waals surface area (Å²) in [5, 5.41) is 39.5. The number of rotatable bonds is 36. The molecule has 51 heavy (non-hydrogen) atoms. The zero-order valence-corrected chi connectivity index (χ0v) is 37.3. The fourth-order valence-electron chi connectivity index (χ4n) is 5.57. The summed E-state index contributed by atoms with van der Waals surface area (Å²) >= 11 is 0. The van der Waals surface area contributed by atoms with Crippen molar-refractivity contribution in [1.29, 1.82) is 0 Å². The van der Waals surface area contributed by atoms with Crippen molar-refractivity contribution in [3.8, 4) is 0 Å². The van der Waals surface area contributed by atoms with Gasteiger partial charge in [-0.3, -0.25) is 0 Å². The molecule has 304 valence electrons. The molecule has 0 rings (SSSR count). The largest absolute Gasteiger partial charge is 4.00 e. The van der Waals surface area contributed by atoms with Crippen molar-refractivity contribution < 1.29 is 56.2 Å². The molecule has 0 radical (unpaired) electrons. The standard InChI is InChI=1S/2C18H36O2.2C4H9O.Zr/c2*1-2-3-4-5-6-7-8-9-10-11-12-13-14-15-16-17-18(19)20;2*1-2-3-4-5;/h2*2-17H2,1H3,(H,19,20);2*2-4H2,1H3;/q;;2*-1;+4/p-2. The number of hydrogen-bond acceptors (Lipinski definition) is 6. The Balaban J connectivity index is -0.000000215. The van der Waals surface area contributed by atoms with Crippen molar-refractivity contribution in [3.63, 3.8) is 0 Å². The van der Waals surface area contributed by atoms with E-state index in [1.54, 1.807) is 0 Å². The van der Waals surface area contributed by atoms with Crippen molar-refractivity contribution in [1.82, 2.24) is 0 Å². The Morgan fingerprint density at radius 2 is 0.451 bits per heavy atom. The van der Waals surface area contributed by atoms with Gasteiger partial charge in [-0.1, -0.05) is 233 Å². The molecular formula is C44H88O6Zr. The molecule has 0 fully saturated rings. The van der Waals surface area contributed by atoms with Gasteiger partial charge in [-0.15, -0.1) is 13.2 Å². The van der Waals surface area contributed by atoms with Crippen molar-refractivity contribution in [2.75, 3.05) is 13.2 Å². The minimum Gasteiger partial charge on any atom is -0.854 e. The third-order valence-corrected chi connectivity index (χ3v) is 8.96. The van der Waals surface area contributed by atoms with E-state index < -0.39 is 11.9 Å². The molecule has 6 nitrogen and oxygen atoms in total. The van der Waals surface area contributed by atoms with Gasteiger partial charge in [0, 0.05) is 11.9 Å². The topological polar surface area (TPSA) is 126 Å². The smallest absolute Gasteiger partial charge is 0.854 e. The predicted molar refractivity (Wildman–Crippen MR) is 209 cm³/mol. The molecule has 0 aromatic rings. The first-order chi connectivity index (χ1) is 24.4. The Bertz CT molecular complexity index is 536. The SMILES string of the molecule is CCCCCCCCCCCCCCCCCC(=O)[O-].CCCCCCCCCCCCCCCCCC(=O)[O-].CCCC[O-].CCCC[O-].[Zr+4]. The van der Waals surface area contributed by atoms with Gasteiger partial charge in [0.2, 0.25) is 0 Å². The maximum atomic E-state index is 10.2. The first kappa shape index (κ1) is 60.0. The van der Waals surface area contributed by atoms with Crippen LogP contribution in [-0.4, -0.2) is 25.2 Å². The van der Waals surface area contributed by atoms with Crippen molar-refractivity contribution in [2.45, 2.75) is 259 Å². The molecule has 0 bridgehead atoms. The molecule has 0 amide bonds. The molecule has 0 N–H and O–H groups in total. The van der Waals surface area contributed by atoms with Crippen molar-refractivity contribution in [2.24, 2.45) is 0 Å². The average Bonchev–Trinajstić information content (AvgIpc) is 3.09. The van der Waals surface area contributed by atoms with Crippen molar-refractivity contribution >= 4 is 11.9 Å². The van der Waals surface area contributed by atoms with E-state index in [0.29, 0.717) is 0 Å². The normalized spacial score (nSPS) is 10.2. The number of carbonyl (C=O) groups excluding carboxylic acids is 2. The van der Waals surface area contributed by atoms with Gasteiger partial charge >= 0.3 is 26.2 Å². The van der Waals surface area contributed by atoms with Crippen LogP contribution in [0.4, 0.5) is 0 Å². The van der Waals surface area contributed by atoms with Crippen molar-refractivity contribution in [3.05, 3.63) is 0 Å². The van der Waals surface area contributed by atoms with Gasteiger partial charge in [-0.25, -0.2) is 0 Å². The number of carboxylic acid groups (broad SMARTS) is 2. The van der Waals surface area contributed by atoms with Gasteiger partial charge in [-0.2, -0.15) is 0 Å². The van der Waals surface area contributed by atoms with Crippen LogP contribution in [0.25, 0.3) is 0 Å². The molecule has 0 aliphatic heterocycles. The van der Waals surface area contributed by atoms with E-state index in [0.717, 1.165) is 51.4 Å². The number of hydrogen-bond donors (Lipinski definition) is 0. The summed E-state index contributed by atoms with van der Waals surface area (Å²) in [7, 11) is 0. The molecule has 0 aromatic heterocycles. The van der Waals surface area contributed by atoms with E-state index in [4.69, 9.17) is 0 Å². The van der Waals surface area contributed by atoms with Gasteiger partial charge in [0.25, 0.3) is 0 Å². The second kappa shape index (κ2) is 61.8. The second-order valence-corrected chi connectivity index (χ2v) is 14.3. The van der Waals surface area contributed by atoms with Gasteiger partial charge in [0.15, 0.2) is 0 Å². The fourth-order valence-corrected chi connectivity index (χ4v) is 5.57. The van der Waals surface area contributed by atoms with Crippen LogP contribution < -0.4 is 20.4 Å². The van der Waals surface area contributed by atoms with E-state index >= 15 is 0 Å². The van der Waals surface area contributed by atoms with Gasteiger partial charge in [0.1, 0.15) is 0 Å². The summed E-state index contributed by atoms with van der Waals surface area (Å²) in [4.78, 5) is 20.4. The molecule has 0 heterocycles. The van der Waals surface area contributed by atoms with Gasteiger partial charge in [-0.05, 0) is 25.7 Å². The maximum Gasteiger partial charge on any atom is 4.00 e. The van der Waals surface area contributed by atoms with Crippen LogP contribution in [0.1, 0.15) is 259 Å². The number of unbranched alkanes of at least 4 members (excludes halogenated alkanes) is 30. The van der Waals surface area contributed by atoms with Crippen LogP contribution in [0.15, 0.2) is 0 Å². The monoisotopic (exact) mass is 803 g/mol. The summed E-state index contributed by atoms with van der Waals surface area (Å²) in [6.45, 7) is 8.75. The molecule has 0 spiro atoms. The molecule has 0 aliphatic carbocycles.